The molecule has 2 rings (SSSR count). The molecule has 1 aromatic carbocycles. The highest BCUT2D eigenvalue weighted by atomic mass is 16.5. The minimum Gasteiger partial charge on any atom is -0.496 e. The smallest absolute Gasteiger partial charge is 0.338 e. The monoisotopic (exact) mass is 307 g/mol. The molecular formula is C16H21NO5. The van der Waals surface area contributed by atoms with Gasteiger partial charge in [0, 0.05) is 13.2 Å². The second kappa shape index (κ2) is 7.79. The van der Waals surface area contributed by atoms with E-state index in [1.54, 1.807) is 18.2 Å². The molecule has 0 spiro atoms. The van der Waals surface area contributed by atoms with Crippen LogP contribution in [0.5, 0.6) is 5.75 Å². The van der Waals surface area contributed by atoms with Gasteiger partial charge in [-0.3, -0.25) is 4.79 Å². The summed E-state index contributed by atoms with van der Waals surface area (Å²) >= 11 is 0. The standard InChI is InChI=1S/C16H21NO5/c1-11-5-6-12(8-14(11)20-2)16(19)22-10-15(18)17-9-13-4-3-7-21-13/h5-6,8,13H,3-4,7,9-10H2,1-2H3,(H,17,18)/t13-/m1/s1. The Balaban J connectivity index is 1.77. The summed E-state index contributed by atoms with van der Waals surface area (Å²) in [4.78, 5) is 23.6. The lowest BCUT2D eigenvalue weighted by Gasteiger charge is -2.11. The highest BCUT2D eigenvalue weighted by Gasteiger charge is 2.17. The van der Waals surface area contributed by atoms with Gasteiger partial charge < -0.3 is 19.5 Å². The zero-order chi connectivity index (χ0) is 15.9. The van der Waals surface area contributed by atoms with E-state index in [0.29, 0.717) is 17.9 Å². The first-order chi connectivity index (χ1) is 10.6. The van der Waals surface area contributed by atoms with E-state index in [1.807, 2.05) is 6.92 Å². The molecule has 6 heteroatoms. The number of hydrogen-bond acceptors (Lipinski definition) is 5. The van der Waals surface area contributed by atoms with Crippen molar-refractivity contribution in [3.63, 3.8) is 0 Å². The molecule has 0 radical (unpaired) electrons. The van der Waals surface area contributed by atoms with Crippen LogP contribution >= 0.6 is 0 Å². The molecule has 0 aromatic heterocycles. The SMILES string of the molecule is COc1cc(C(=O)OCC(=O)NC[C@H]2CCCO2)ccc1C. The average molecular weight is 307 g/mol. The maximum Gasteiger partial charge on any atom is 0.338 e. The van der Waals surface area contributed by atoms with E-state index < -0.39 is 5.97 Å². The van der Waals surface area contributed by atoms with E-state index in [2.05, 4.69) is 5.32 Å². The second-order valence-corrected chi connectivity index (χ2v) is 5.20. The number of methoxy groups -OCH3 is 1. The number of esters is 1. The van der Waals surface area contributed by atoms with Gasteiger partial charge in [0.2, 0.25) is 0 Å². The fourth-order valence-corrected chi connectivity index (χ4v) is 2.25. The molecule has 1 aliphatic rings. The number of aryl methyl sites for hydroxylation is 1. The van der Waals surface area contributed by atoms with Gasteiger partial charge in [-0.2, -0.15) is 0 Å². The lowest BCUT2D eigenvalue weighted by Crippen LogP contribution is -2.34. The molecule has 6 nitrogen and oxygen atoms in total. The van der Waals surface area contributed by atoms with Crippen molar-refractivity contribution >= 4 is 11.9 Å². The fourth-order valence-electron chi connectivity index (χ4n) is 2.25. The predicted molar refractivity (Wildman–Crippen MR) is 80.0 cm³/mol. The van der Waals surface area contributed by atoms with Crippen LogP contribution in [0.25, 0.3) is 0 Å². The second-order valence-electron chi connectivity index (χ2n) is 5.20. The third-order valence-electron chi connectivity index (χ3n) is 3.53. The van der Waals surface area contributed by atoms with Crippen LogP contribution in [0, 0.1) is 6.92 Å². The van der Waals surface area contributed by atoms with Crippen molar-refractivity contribution in [1.82, 2.24) is 5.32 Å². The highest BCUT2D eigenvalue weighted by Crippen LogP contribution is 2.19. The Hall–Kier alpha value is -2.08. The summed E-state index contributed by atoms with van der Waals surface area (Å²) in [5.74, 6) is -0.272. The van der Waals surface area contributed by atoms with Crippen molar-refractivity contribution in [3.8, 4) is 5.75 Å². The largest absolute Gasteiger partial charge is 0.496 e. The summed E-state index contributed by atoms with van der Waals surface area (Å²) < 4.78 is 15.6. The van der Waals surface area contributed by atoms with Crippen molar-refractivity contribution < 1.29 is 23.8 Å². The molecule has 120 valence electrons. The molecule has 0 aliphatic carbocycles. The molecule has 0 saturated carbocycles. The van der Waals surface area contributed by atoms with Crippen molar-refractivity contribution in [2.24, 2.45) is 0 Å². The van der Waals surface area contributed by atoms with Crippen LogP contribution in [0.15, 0.2) is 18.2 Å². The van der Waals surface area contributed by atoms with Crippen LogP contribution in [-0.2, 0) is 14.3 Å². The molecule has 1 aliphatic heterocycles. The highest BCUT2D eigenvalue weighted by molar-refractivity contribution is 5.91. The van der Waals surface area contributed by atoms with Gasteiger partial charge in [0.1, 0.15) is 5.75 Å². The topological polar surface area (TPSA) is 73.9 Å². The quantitative estimate of drug-likeness (QED) is 0.805. The first-order valence-electron chi connectivity index (χ1n) is 7.30. The third kappa shape index (κ3) is 4.46. The van der Waals surface area contributed by atoms with E-state index in [0.717, 1.165) is 25.0 Å². The van der Waals surface area contributed by atoms with Crippen LogP contribution in [0.3, 0.4) is 0 Å². The minimum absolute atomic E-state index is 0.0704. The molecule has 1 amide bonds. The maximum absolute atomic E-state index is 11.9. The zero-order valence-corrected chi connectivity index (χ0v) is 12.9. The molecule has 1 atom stereocenters. The number of ether oxygens (including phenoxy) is 3. The van der Waals surface area contributed by atoms with Crippen LogP contribution in [0.2, 0.25) is 0 Å². The molecule has 1 fully saturated rings. The minimum atomic E-state index is -0.550. The van der Waals surface area contributed by atoms with Crippen molar-refractivity contribution in [2.45, 2.75) is 25.9 Å². The van der Waals surface area contributed by atoms with Gasteiger partial charge in [0.25, 0.3) is 5.91 Å². The fraction of sp³-hybridized carbons (Fsp3) is 0.500. The summed E-state index contributed by atoms with van der Waals surface area (Å²) in [5.41, 5.74) is 1.28. The van der Waals surface area contributed by atoms with Crippen molar-refractivity contribution in [2.75, 3.05) is 26.9 Å². The molecular weight excluding hydrogens is 286 g/mol. The summed E-state index contributed by atoms with van der Waals surface area (Å²) in [6.45, 7) is 2.77. The first-order valence-corrected chi connectivity index (χ1v) is 7.30. The Labute approximate surface area is 129 Å². The van der Waals surface area contributed by atoms with Crippen LogP contribution in [0.1, 0.15) is 28.8 Å². The average Bonchev–Trinajstić information content (AvgIpc) is 3.04. The number of nitrogens with one attached hydrogen (secondary N) is 1. The van der Waals surface area contributed by atoms with Gasteiger partial charge >= 0.3 is 5.97 Å². The summed E-state index contributed by atoms with van der Waals surface area (Å²) in [6.07, 6.45) is 2.04. The van der Waals surface area contributed by atoms with E-state index in [1.165, 1.54) is 7.11 Å². The van der Waals surface area contributed by atoms with Crippen LogP contribution < -0.4 is 10.1 Å². The van der Waals surface area contributed by atoms with E-state index in [-0.39, 0.29) is 18.6 Å². The predicted octanol–water partition coefficient (Wildman–Crippen LogP) is 1.46. The van der Waals surface area contributed by atoms with Gasteiger partial charge in [-0.25, -0.2) is 4.79 Å². The van der Waals surface area contributed by atoms with Gasteiger partial charge in [-0.1, -0.05) is 6.07 Å². The maximum atomic E-state index is 11.9. The van der Waals surface area contributed by atoms with E-state index in [4.69, 9.17) is 14.2 Å². The third-order valence-corrected chi connectivity index (χ3v) is 3.53. The Morgan fingerprint density at radius 1 is 1.41 bits per heavy atom. The number of benzene rings is 1. The first kappa shape index (κ1) is 16.3. The molecule has 1 heterocycles. The van der Waals surface area contributed by atoms with Crippen LogP contribution in [0.4, 0.5) is 0 Å². The molecule has 22 heavy (non-hydrogen) atoms. The Kier molecular flexibility index (Phi) is 5.77. The summed E-state index contributed by atoms with van der Waals surface area (Å²) in [7, 11) is 1.54. The Morgan fingerprint density at radius 2 is 2.23 bits per heavy atom. The van der Waals surface area contributed by atoms with Gasteiger partial charge in [0.15, 0.2) is 6.61 Å². The summed E-state index contributed by atoms with van der Waals surface area (Å²) in [5, 5.41) is 2.70. The van der Waals surface area contributed by atoms with Gasteiger partial charge in [0.05, 0.1) is 18.8 Å². The normalized spacial score (nSPS) is 17.1. The number of hydrogen-bond donors (Lipinski definition) is 1. The van der Waals surface area contributed by atoms with Gasteiger partial charge in [-0.15, -0.1) is 0 Å². The molecule has 1 aromatic rings. The zero-order valence-electron chi connectivity index (χ0n) is 12.9. The molecule has 0 bridgehead atoms. The number of carbonyl (C=O) groups is 2. The molecule has 1 N–H and O–H groups in total. The van der Waals surface area contributed by atoms with Crippen molar-refractivity contribution in [3.05, 3.63) is 29.3 Å². The Bertz CT molecular complexity index is 537. The molecule has 0 unspecified atom stereocenters. The number of rotatable bonds is 6. The van der Waals surface area contributed by atoms with E-state index >= 15 is 0 Å². The lowest BCUT2D eigenvalue weighted by molar-refractivity contribution is -0.124. The summed E-state index contributed by atoms with van der Waals surface area (Å²) in [6, 6.07) is 5.01. The Morgan fingerprint density at radius 3 is 2.91 bits per heavy atom. The van der Waals surface area contributed by atoms with E-state index in [9.17, 15) is 9.59 Å². The number of amides is 1. The lowest BCUT2D eigenvalue weighted by atomic mass is 10.1. The van der Waals surface area contributed by atoms with Crippen molar-refractivity contribution in [1.29, 1.82) is 0 Å². The van der Waals surface area contributed by atoms with Gasteiger partial charge in [-0.05, 0) is 37.5 Å². The number of carbonyl (C=O) groups excluding carboxylic acids is 2. The van der Waals surface area contributed by atoms with Crippen LogP contribution in [-0.4, -0.2) is 44.8 Å². The molecule has 1 saturated heterocycles.